The molecule has 2 aromatic rings. The van der Waals surface area contributed by atoms with Crippen LogP contribution in [0.2, 0.25) is 0 Å². The standard InChI is InChI=1S/C16H23N5O3S/c1-24-16-13(4-3-7-17-16)10-20-11-14-5-8-18-21(14)15(12-20)6-9-19-25(2,22)23/h3-5,7-8,15,19H,6,9-12H2,1-2H3. The molecule has 0 aromatic carbocycles. The van der Waals surface area contributed by atoms with Crippen LogP contribution in [-0.2, 0) is 23.1 Å². The maximum Gasteiger partial charge on any atom is 0.217 e. The zero-order valence-corrected chi connectivity index (χ0v) is 15.2. The van der Waals surface area contributed by atoms with E-state index < -0.39 is 10.0 Å². The Kier molecular flexibility index (Phi) is 5.36. The predicted molar refractivity (Wildman–Crippen MR) is 93.6 cm³/mol. The van der Waals surface area contributed by atoms with Gasteiger partial charge in [0, 0.05) is 44.1 Å². The van der Waals surface area contributed by atoms with Gasteiger partial charge in [0.25, 0.3) is 0 Å². The average Bonchev–Trinajstić information content (AvgIpc) is 3.03. The number of nitrogens with zero attached hydrogens (tertiary/aromatic N) is 4. The molecular weight excluding hydrogens is 342 g/mol. The molecule has 9 heteroatoms. The highest BCUT2D eigenvalue weighted by Gasteiger charge is 2.26. The Hall–Kier alpha value is -1.97. The van der Waals surface area contributed by atoms with Gasteiger partial charge >= 0.3 is 0 Å². The summed E-state index contributed by atoms with van der Waals surface area (Å²) in [7, 11) is -1.56. The highest BCUT2D eigenvalue weighted by molar-refractivity contribution is 7.88. The van der Waals surface area contributed by atoms with Gasteiger partial charge in [0.05, 0.1) is 25.1 Å². The molecule has 0 bridgehead atoms. The van der Waals surface area contributed by atoms with Gasteiger partial charge in [-0.2, -0.15) is 5.10 Å². The summed E-state index contributed by atoms with van der Waals surface area (Å²) in [5, 5.41) is 4.40. The lowest BCUT2D eigenvalue weighted by Crippen LogP contribution is -2.38. The van der Waals surface area contributed by atoms with Crippen molar-refractivity contribution in [1.29, 1.82) is 0 Å². The van der Waals surface area contributed by atoms with Crippen LogP contribution in [0.15, 0.2) is 30.6 Å². The maximum atomic E-state index is 11.3. The summed E-state index contributed by atoms with van der Waals surface area (Å²) in [6.07, 6.45) is 5.37. The zero-order valence-electron chi connectivity index (χ0n) is 14.4. The van der Waals surface area contributed by atoms with Gasteiger partial charge in [-0.15, -0.1) is 0 Å². The Morgan fingerprint density at radius 1 is 1.36 bits per heavy atom. The third-order valence-electron chi connectivity index (χ3n) is 4.23. The quantitative estimate of drug-likeness (QED) is 0.780. The third kappa shape index (κ3) is 4.56. The van der Waals surface area contributed by atoms with E-state index in [4.69, 9.17) is 4.74 Å². The molecule has 0 radical (unpaired) electrons. The third-order valence-corrected chi connectivity index (χ3v) is 4.96. The van der Waals surface area contributed by atoms with Crippen LogP contribution in [-0.4, -0.2) is 54.5 Å². The summed E-state index contributed by atoms with van der Waals surface area (Å²) in [5.74, 6) is 0.636. The molecule has 25 heavy (non-hydrogen) atoms. The predicted octanol–water partition coefficient (Wildman–Crippen LogP) is 0.783. The number of hydrogen-bond donors (Lipinski definition) is 1. The van der Waals surface area contributed by atoms with Gasteiger partial charge in [-0.3, -0.25) is 9.58 Å². The minimum atomic E-state index is -3.18. The van der Waals surface area contributed by atoms with Crippen LogP contribution in [0.4, 0.5) is 0 Å². The molecule has 136 valence electrons. The number of sulfonamides is 1. The van der Waals surface area contributed by atoms with Gasteiger partial charge in [-0.25, -0.2) is 18.1 Å². The van der Waals surface area contributed by atoms with Crippen molar-refractivity contribution in [2.75, 3.05) is 26.5 Å². The highest BCUT2D eigenvalue weighted by Crippen LogP contribution is 2.25. The number of fused-ring (bicyclic) bond motifs is 1. The van der Waals surface area contributed by atoms with Crippen molar-refractivity contribution < 1.29 is 13.2 Å². The van der Waals surface area contributed by atoms with Gasteiger partial charge < -0.3 is 4.74 Å². The van der Waals surface area contributed by atoms with Crippen molar-refractivity contribution >= 4 is 10.0 Å². The first-order valence-corrected chi connectivity index (χ1v) is 10.0. The summed E-state index contributed by atoms with van der Waals surface area (Å²) in [4.78, 5) is 6.56. The summed E-state index contributed by atoms with van der Waals surface area (Å²) in [6.45, 7) is 2.69. The topological polar surface area (TPSA) is 89.3 Å². The summed E-state index contributed by atoms with van der Waals surface area (Å²) < 4.78 is 32.5. The maximum absolute atomic E-state index is 11.3. The van der Waals surface area contributed by atoms with Crippen molar-refractivity contribution in [3.8, 4) is 5.88 Å². The lowest BCUT2D eigenvalue weighted by Gasteiger charge is -2.34. The van der Waals surface area contributed by atoms with Gasteiger partial charge in [-0.1, -0.05) is 6.07 Å². The second-order valence-corrected chi connectivity index (χ2v) is 8.05. The Bertz CT molecular complexity index is 821. The van der Waals surface area contributed by atoms with Crippen LogP contribution in [0.5, 0.6) is 5.88 Å². The monoisotopic (exact) mass is 365 g/mol. The molecule has 0 aliphatic carbocycles. The molecule has 0 fully saturated rings. The lowest BCUT2D eigenvalue weighted by molar-refractivity contribution is 0.160. The fourth-order valence-electron chi connectivity index (χ4n) is 3.18. The van der Waals surface area contributed by atoms with E-state index in [0.717, 1.165) is 30.9 Å². The molecule has 3 rings (SSSR count). The smallest absolute Gasteiger partial charge is 0.217 e. The second kappa shape index (κ2) is 7.51. The largest absolute Gasteiger partial charge is 0.481 e. The van der Waals surface area contributed by atoms with Gasteiger partial charge in [0.2, 0.25) is 15.9 Å². The molecule has 1 unspecified atom stereocenters. The number of hydrogen-bond acceptors (Lipinski definition) is 6. The Balaban J connectivity index is 1.71. The number of aromatic nitrogens is 3. The molecule has 2 aromatic heterocycles. The van der Waals surface area contributed by atoms with E-state index in [1.807, 2.05) is 22.9 Å². The molecule has 0 saturated heterocycles. The van der Waals surface area contributed by atoms with Crippen molar-refractivity contribution in [3.05, 3.63) is 41.9 Å². The molecule has 8 nitrogen and oxygen atoms in total. The van der Waals surface area contributed by atoms with Gasteiger partial charge in [0.1, 0.15) is 0 Å². The number of methoxy groups -OCH3 is 1. The minimum Gasteiger partial charge on any atom is -0.481 e. The molecule has 1 N–H and O–H groups in total. The Morgan fingerprint density at radius 3 is 2.96 bits per heavy atom. The molecule has 0 spiro atoms. The Morgan fingerprint density at radius 2 is 2.20 bits per heavy atom. The average molecular weight is 365 g/mol. The first-order chi connectivity index (χ1) is 12.0. The van der Waals surface area contributed by atoms with E-state index in [-0.39, 0.29) is 6.04 Å². The van der Waals surface area contributed by atoms with E-state index in [1.54, 1.807) is 19.5 Å². The van der Waals surface area contributed by atoms with Crippen molar-refractivity contribution in [2.24, 2.45) is 0 Å². The zero-order chi connectivity index (χ0) is 17.9. The number of ether oxygens (including phenoxy) is 1. The second-order valence-electron chi connectivity index (χ2n) is 6.22. The van der Waals surface area contributed by atoms with Crippen LogP contribution < -0.4 is 9.46 Å². The van der Waals surface area contributed by atoms with Crippen molar-refractivity contribution in [3.63, 3.8) is 0 Å². The molecule has 1 aliphatic rings. The summed E-state index contributed by atoms with van der Waals surface area (Å²) in [5.41, 5.74) is 2.16. The van der Waals surface area contributed by atoms with Gasteiger partial charge in [0.15, 0.2) is 0 Å². The lowest BCUT2D eigenvalue weighted by atomic mass is 10.1. The molecular formula is C16H23N5O3S. The van der Waals surface area contributed by atoms with Crippen LogP contribution >= 0.6 is 0 Å². The first kappa shape index (κ1) is 17.8. The molecule has 1 atom stereocenters. The van der Waals surface area contributed by atoms with Crippen LogP contribution in [0.25, 0.3) is 0 Å². The van der Waals surface area contributed by atoms with E-state index in [0.29, 0.717) is 18.8 Å². The minimum absolute atomic E-state index is 0.121. The van der Waals surface area contributed by atoms with E-state index in [9.17, 15) is 8.42 Å². The van der Waals surface area contributed by atoms with Crippen LogP contribution in [0, 0.1) is 0 Å². The molecule has 1 aliphatic heterocycles. The normalized spacial score (nSPS) is 18.1. The van der Waals surface area contributed by atoms with Crippen LogP contribution in [0.3, 0.4) is 0 Å². The van der Waals surface area contributed by atoms with Gasteiger partial charge in [-0.05, 0) is 18.6 Å². The summed E-state index contributed by atoms with van der Waals surface area (Å²) >= 11 is 0. The Labute approximate surface area is 147 Å². The van der Waals surface area contributed by atoms with Crippen molar-refractivity contribution in [2.45, 2.75) is 25.6 Å². The number of pyridine rings is 1. The molecule has 3 heterocycles. The number of rotatable bonds is 7. The molecule has 0 saturated carbocycles. The highest BCUT2D eigenvalue weighted by atomic mass is 32.2. The molecule has 0 amide bonds. The van der Waals surface area contributed by atoms with Crippen molar-refractivity contribution in [1.82, 2.24) is 24.4 Å². The fourth-order valence-corrected chi connectivity index (χ4v) is 3.67. The fraction of sp³-hybridized carbons (Fsp3) is 0.500. The summed E-state index contributed by atoms with van der Waals surface area (Å²) in [6, 6.07) is 6.04. The van der Waals surface area contributed by atoms with E-state index >= 15 is 0 Å². The van der Waals surface area contributed by atoms with Crippen LogP contribution in [0.1, 0.15) is 23.7 Å². The van der Waals surface area contributed by atoms with E-state index in [1.165, 1.54) is 6.26 Å². The number of nitrogens with one attached hydrogen (secondary N) is 1. The van der Waals surface area contributed by atoms with E-state index in [2.05, 4.69) is 19.7 Å². The first-order valence-electron chi connectivity index (χ1n) is 8.13. The SMILES string of the molecule is COc1ncccc1CN1Cc2ccnn2C(CCNS(C)(=O)=O)C1.